The molecule has 0 heterocycles. The van der Waals surface area contributed by atoms with Crippen LogP contribution in [0.15, 0.2) is 24.3 Å². The van der Waals surface area contributed by atoms with E-state index in [0.717, 1.165) is 18.6 Å². The Kier molecular flexibility index (Phi) is 5.14. The number of unbranched alkanes of at least 4 members (excludes halogenated alkanes) is 1. The van der Waals surface area contributed by atoms with Gasteiger partial charge in [-0.25, -0.2) is 4.21 Å². The zero-order chi connectivity index (χ0) is 11.1. The van der Waals surface area contributed by atoms with Gasteiger partial charge in [0.05, 0.1) is 6.61 Å². The molecule has 0 spiro atoms. The predicted molar refractivity (Wildman–Crippen MR) is 61.2 cm³/mol. The highest BCUT2D eigenvalue weighted by Gasteiger charge is 1.96. The van der Waals surface area contributed by atoms with Gasteiger partial charge in [0.25, 0.3) is 11.3 Å². The van der Waals surface area contributed by atoms with Gasteiger partial charge in [0.15, 0.2) is 0 Å². The highest BCUT2D eigenvalue weighted by Crippen LogP contribution is 2.16. The number of anilines is 1. The summed E-state index contributed by atoms with van der Waals surface area (Å²) in [5, 5.41) is 0. The Balaban J connectivity index is 2.45. The SMILES string of the molecule is CCCCOc1ccc(NS(=O)O)cc1. The van der Waals surface area contributed by atoms with Crippen LogP contribution < -0.4 is 9.46 Å². The second-order valence-electron chi connectivity index (χ2n) is 3.08. The Morgan fingerprint density at radius 3 is 2.60 bits per heavy atom. The molecule has 0 bridgehead atoms. The zero-order valence-corrected chi connectivity index (χ0v) is 9.42. The van der Waals surface area contributed by atoms with Crippen LogP contribution in [0, 0.1) is 0 Å². The molecule has 0 amide bonds. The normalized spacial score (nSPS) is 12.1. The van der Waals surface area contributed by atoms with E-state index in [0.29, 0.717) is 12.3 Å². The van der Waals surface area contributed by atoms with Crippen LogP contribution in [0.3, 0.4) is 0 Å². The molecule has 0 saturated heterocycles. The predicted octanol–water partition coefficient (Wildman–Crippen LogP) is 2.41. The molecule has 0 fully saturated rings. The third-order valence-corrected chi connectivity index (χ3v) is 2.24. The highest BCUT2D eigenvalue weighted by atomic mass is 32.2. The van der Waals surface area contributed by atoms with Gasteiger partial charge < -0.3 is 4.74 Å². The Bertz CT molecular complexity index is 313. The van der Waals surface area contributed by atoms with Crippen molar-refractivity contribution >= 4 is 17.0 Å². The molecule has 0 aromatic heterocycles. The van der Waals surface area contributed by atoms with E-state index < -0.39 is 11.3 Å². The third-order valence-electron chi connectivity index (χ3n) is 1.83. The molecule has 1 atom stereocenters. The number of hydrogen-bond acceptors (Lipinski definition) is 2. The summed E-state index contributed by atoms with van der Waals surface area (Å²) in [7, 11) is 0. The van der Waals surface area contributed by atoms with Crippen LogP contribution in [0.5, 0.6) is 5.75 Å². The minimum Gasteiger partial charge on any atom is -0.494 e. The number of ether oxygens (including phenoxy) is 1. The molecule has 0 radical (unpaired) electrons. The van der Waals surface area contributed by atoms with Crippen LogP contribution in [0.25, 0.3) is 0 Å². The lowest BCUT2D eigenvalue weighted by Gasteiger charge is -2.06. The first-order valence-corrected chi connectivity index (χ1v) is 5.93. The number of hydrogen-bond donors (Lipinski definition) is 2. The molecular formula is C10H15NO3S. The van der Waals surface area contributed by atoms with Crippen LogP contribution in [-0.4, -0.2) is 15.4 Å². The topological polar surface area (TPSA) is 58.6 Å². The van der Waals surface area contributed by atoms with Gasteiger partial charge in [-0.05, 0) is 30.7 Å². The summed E-state index contributed by atoms with van der Waals surface area (Å²) in [5.41, 5.74) is 0.596. The van der Waals surface area contributed by atoms with Crippen molar-refractivity contribution in [3.8, 4) is 5.75 Å². The van der Waals surface area contributed by atoms with Crippen molar-refractivity contribution in [1.29, 1.82) is 0 Å². The van der Waals surface area contributed by atoms with Gasteiger partial charge in [-0.15, -0.1) is 0 Å². The van der Waals surface area contributed by atoms with Crippen molar-refractivity contribution in [2.45, 2.75) is 19.8 Å². The van der Waals surface area contributed by atoms with Crippen LogP contribution in [0.1, 0.15) is 19.8 Å². The fourth-order valence-corrected chi connectivity index (χ4v) is 1.39. The molecule has 1 aromatic rings. The largest absolute Gasteiger partial charge is 0.494 e. The van der Waals surface area contributed by atoms with Crippen molar-refractivity contribution in [3.63, 3.8) is 0 Å². The summed E-state index contributed by atoms with van der Waals surface area (Å²) in [6.07, 6.45) is 2.13. The average molecular weight is 229 g/mol. The van der Waals surface area contributed by atoms with E-state index in [1.165, 1.54) is 0 Å². The van der Waals surface area contributed by atoms with Gasteiger partial charge in [-0.2, -0.15) is 0 Å². The van der Waals surface area contributed by atoms with Crippen molar-refractivity contribution in [1.82, 2.24) is 0 Å². The Labute approximate surface area is 92.1 Å². The van der Waals surface area contributed by atoms with E-state index >= 15 is 0 Å². The second kappa shape index (κ2) is 6.42. The molecule has 2 N–H and O–H groups in total. The van der Waals surface area contributed by atoms with Crippen molar-refractivity contribution < 1.29 is 13.5 Å². The monoisotopic (exact) mass is 229 g/mol. The molecule has 0 saturated carbocycles. The minimum absolute atomic E-state index is 0.596. The number of benzene rings is 1. The molecule has 1 rings (SSSR count). The summed E-state index contributed by atoms with van der Waals surface area (Å²) >= 11 is -2.02. The number of nitrogens with one attached hydrogen (secondary N) is 1. The van der Waals surface area contributed by atoms with Crippen molar-refractivity contribution in [3.05, 3.63) is 24.3 Å². The van der Waals surface area contributed by atoms with Crippen LogP contribution >= 0.6 is 0 Å². The van der Waals surface area contributed by atoms with Gasteiger partial charge in [-0.1, -0.05) is 13.3 Å². The fourth-order valence-electron chi connectivity index (χ4n) is 1.05. The molecular weight excluding hydrogens is 214 g/mol. The quantitative estimate of drug-likeness (QED) is 0.581. The first kappa shape index (κ1) is 12.0. The first-order chi connectivity index (χ1) is 7.22. The van der Waals surface area contributed by atoms with Gasteiger partial charge in [-0.3, -0.25) is 9.27 Å². The molecule has 84 valence electrons. The number of rotatable bonds is 6. The maximum Gasteiger partial charge on any atom is 0.259 e. The second-order valence-corrected chi connectivity index (χ2v) is 3.78. The van der Waals surface area contributed by atoms with Crippen molar-refractivity contribution in [2.24, 2.45) is 0 Å². The minimum atomic E-state index is -2.02. The smallest absolute Gasteiger partial charge is 0.259 e. The van der Waals surface area contributed by atoms with Gasteiger partial charge in [0.1, 0.15) is 5.75 Å². The molecule has 1 aromatic carbocycles. The van der Waals surface area contributed by atoms with Gasteiger partial charge in [0.2, 0.25) is 0 Å². The van der Waals surface area contributed by atoms with E-state index in [4.69, 9.17) is 9.29 Å². The van der Waals surface area contributed by atoms with Gasteiger partial charge >= 0.3 is 0 Å². The standard InChI is InChI=1S/C10H15NO3S/c1-2-3-8-14-10-6-4-9(5-7-10)11-15(12)13/h4-7,11H,2-3,8H2,1H3,(H,12,13). The van der Waals surface area contributed by atoms with Crippen LogP contribution in [0.4, 0.5) is 5.69 Å². The maximum atomic E-state index is 10.4. The Morgan fingerprint density at radius 1 is 1.40 bits per heavy atom. The average Bonchev–Trinajstić information content (AvgIpc) is 2.20. The van der Waals surface area contributed by atoms with Crippen molar-refractivity contribution in [2.75, 3.05) is 11.3 Å². The fraction of sp³-hybridized carbons (Fsp3) is 0.400. The zero-order valence-electron chi connectivity index (χ0n) is 8.60. The first-order valence-electron chi connectivity index (χ1n) is 4.82. The third kappa shape index (κ3) is 4.80. The maximum absolute atomic E-state index is 10.4. The van der Waals surface area contributed by atoms with Gasteiger partial charge in [0, 0.05) is 5.69 Å². The molecule has 0 aliphatic rings. The molecule has 15 heavy (non-hydrogen) atoms. The lowest BCUT2D eigenvalue weighted by Crippen LogP contribution is -2.01. The molecule has 5 heteroatoms. The van der Waals surface area contributed by atoms with E-state index in [-0.39, 0.29) is 0 Å². The molecule has 1 unspecified atom stereocenters. The molecule has 0 aliphatic carbocycles. The summed E-state index contributed by atoms with van der Waals surface area (Å²) in [6, 6.07) is 6.94. The van der Waals surface area contributed by atoms with Crippen LogP contribution in [-0.2, 0) is 11.3 Å². The van der Waals surface area contributed by atoms with E-state index in [9.17, 15) is 4.21 Å². The Hall–Kier alpha value is -1.07. The van der Waals surface area contributed by atoms with E-state index in [1.54, 1.807) is 24.3 Å². The summed E-state index contributed by atoms with van der Waals surface area (Å²) in [4.78, 5) is 0. The van der Waals surface area contributed by atoms with Crippen LogP contribution in [0.2, 0.25) is 0 Å². The Morgan fingerprint density at radius 2 is 2.07 bits per heavy atom. The lowest BCUT2D eigenvalue weighted by atomic mass is 10.3. The van der Waals surface area contributed by atoms with E-state index in [1.807, 2.05) is 0 Å². The lowest BCUT2D eigenvalue weighted by molar-refractivity contribution is 0.309. The molecule has 0 aliphatic heterocycles. The highest BCUT2D eigenvalue weighted by molar-refractivity contribution is 7.80. The summed E-state index contributed by atoms with van der Waals surface area (Å²) < 4.78 is 26.8. The molecule has 4 nitrogen and oxygen atoms in total. The summed E-state index contributed by atoms with van der Waals surface area (Å²) in [6.45, 7) is 2.81. The summed E-state index contributed by atoms with van der Waals surface area (Å²) in [5.74, 6) is 0.776. The van der Waals surface area contributed by atoms with E-state index in [2.05, 4.69) is 11.6 Å².